The summed E-state index contributed by atoms with van der Waals surface area (Å²) in [7, 11) is 2.91. The van der Waals surface area contributed by atoms with Crippen molar-refractivity contribution in [3.63, 3.8) is 0 Å². The third-order valence-electron chi connectivity index (χ3n) is 3.41. The van der Waals surface area contributed by atoms with E-state index in [9.17, 15) is 4.79 Å². The number of benzene rings is 1. The van der Waals surface area contributed by atoms with Crippen LogP contribution in [0.2, 0.25) is 0 Å². The SMILES string of the molecule is COC(=O)C(N)(COc1ccccc1OC)C1CC1. The first-order valence-corrected chi connectivity index (χ1v) is 6.25. The standard InChI is InChI=1S/C14H19NO4/c1-17-11-5-3-4-6-12(11)19-9-14(15,10-7-8-10)13(16)18-2/h3-6,10H,7-9,15H2,1-2H3. The van der Waals surface area contributed by atoms with E-state index in [4.69, 9.17) is 19.9 Å². The molecule has 1 fully saturated rings. The number of rotatable bonds is 6. The van der Waals surface area contributed by atoms with Crippen LogP contribution in [0, 0.1) is 5.92 Å². The summed E-state index contributed by atoms with van der Waals surface area (Å²) < 4.78 is 15.6. The molecule has 0 spiro atoms. The molecule has 2 rings (SSSR count). The Hall–Kier alpha value is -1.75. The fourth-order valence-electron chi connectivity index (χ4n) is 2.07. The first-order valence-electron chi connectivity index (χ1n) is 6.25. The fraction of sp³-hybridized carbons (Fsp3) is 0.500. The van der Waals surface area contributed by atoms with Gasteiger partial charge >= 0.3 is 5.97 Å². The normalized spacial score (nSPS) is 17.4. The van der Waals surface area contributed by atoms with E-state index in [2.05, 4.69) is 0 Å². The number of hydrogen-bond donors (Lipinski definition) is 1. The Morgan fingerprint density at radius 2 is 1.95 bits per heavy atom. The van der Waals surface area contributed by atoms with Crippen molar-refractivity contribution in [3.05, 3.63) is 24.3 Å². The van der Waals surface area contributed by atoms with Gasteiger partial charge in [0.25, 0.3) is 0 Å². The summed E-state index contributed by atoms with van der Waals surface area (Å²) in [6.45, 7) is 0.0880. The molecular formula is C14H19NO4. The van der Waals surface area contributed by atoms with Gasteiger partial charge in [0, 0.05) is 0 Å². The van der Waals surface area contributed by atoms with Crippen molar-refractivity contribution in [2.24, 2.45) is 11.7 Å². The molecule has 1 aromatic rings. The largest absolute Gasteiger partial charge is 0.493 e. The molecule has 0 bridgehead atoms. The molecule has 1 aliphatic carbocycles. The quantitative estimate of drug-likeness (QED) is 0.786. The molecule has 5 nitrogen and oxygen atoms in total. The highest BCUT2D eigenvalue weighted by Crippen LogP contribution is 2.39. The molecule has 0 heterocycles. The minimum atomic E-state index is -1.07. The van der Waals surface area contributed by atoms with Crippen molar-refractivity contribution in [3.8, 4) is 11.5 Å². The zero-order valence-electron chi connectivity index (χ0n) is 11.2. The van der Waals surface area contributed by atoms with Gasteiger partial charge in [0.05, 0.1) is 14.2 Å². The third-order valence-corrected chi connectivity index (χ3v) is 3.41. The molecule has 5 heteroatoms. The van der Waals surface area contributed by atoms with Crippen LogP contribution in [0.5, 0.6) is 11.5 Å². The molecule has 1 aliphatic rings. The van der Waals surface area contributed by atoms with Crippen LogP contribution < -0.4 is 15.2 Å². The monoisotopic (exact) mass is 265 g/mol. The number of carbonyl (C=O) groups excluding carboxylic acids is 1. The van der Waals surface area contributed by atoms with Gasteiger partial charge in [-0.05, 0) is 30.9 Å². The van der Waals surface area contributed by atoms with Crippen LogP contribution in [-0.2, 0) is 9.53 Å². The van der Waals surface area contributed by atoms with E-state index in [1.165, 1.54) is 7.11 Å². The highest BCUT2D eigenvalue weighted by atomic mass is 16.5. The first-order chi connectivity index (χ1) is 9.11. The van der Waals surface area contributed by atoms with Crippen molar-refractivity contribution in [2.75, 3.05) is 20.8 Å². The Labute approximate surface area is 112 Å². The topological polar surface area (TPSA) is 70.8 Å². The molecule has 1 atom stereocenters. The lowest BCUT2D eigenvalue weighted by Crippen LogP contribution is -2.55. The second-order valence-electron chi connectivity index (χ2n) is 4.75. The summed E-state index contributed by atoms with van der Waals surface area (Å²) in [4.78, 5) is 11.8. The van der Waals surface area contributed by atoms with Gasteiger partial charge in [0.15, 0.2) is 17.0 Å². The highest BCUT2D eigenvalue weighted by Gasteiger charge is 2.50. The van der Waals surface area contributed by atoms with Crippen molar-refractivity contribution in [1.29, 1.82) is 0 Å². The zero-order valence-corrected chi connectivity index (χ0v) is 11.2. The van der Waals surface area contributed by atoms with Crippen molar-refractivity contribution >= 4 is 5.97 Å². The predicted octanol–water partition coefficient (Wildman–Crippen LogP) is 1.35. The van der Waals surface area contributed by atoms with E-state index in [1.807, 2.05) is 12.1 Å². The Morgan fingerprint density at radius 3 is 2.47 bits per heavy atom. The second-order valence-corrected chi connectivity index (χ2v) is 4.75. The number of hydrogen-bond acceptors (Lipinski definition) is 5. The van der Waals surface area contributed by atoms with Crippen LogP contribution in [0.25, 0.3) is 0 Å². The summed E-state index contributed by atoms with van der Waals surface area (Å²) in [6.07, 6.45) is 1.86. The van der Waals surface area contributed by atoms with Crippen LogP contribution in [0.15, 0.2) is 24.3 Å². The Morgan fingerprint density at radius 1 is 1.32 bits per heavy atom. The highest BCUT2D eigenvalue weighted by molar-refractivity contribution is 5.81. The molecular weight excluding hydrogens is 246 g/mol. The lowest BCUT2D eigenvalue weighted by Gasteiger charge is -2.26. The van der Waals surface area contributed by atoms with E-state index in [0.717, 1.165) is 12.8 Å². The van der Waals surface area contributed by atoms with E-state index >= 15 is 0 Å². The van der Waals surface area contributed by atoms with E-state index in [0.29, 0.717) is 11.5 Å². The molecule has 0 amide bonds. The molecule has 0 radical (unpaired) electrons. The fourth-order valence-corrected chi connectivity index (χ4v) is 2.07. The smallest absolute Gasteiger partial charge is 0.329 e. The molecule has 2 N–H and O–H groups in total. The van der Waals surface area contributed by atoms with Gasteiger partial charge in [-0.15, -0.1) is 0 Å². The maximum Gasteiger partial charge on any atom is 0.329 e. The van der Waals surface area contributed by atoms with Crippen molar-refractivity contribution < 1.29 is 19.0 Å². The Bertz CT molecular complexity index is 459. The number of ether oxygens (including phenoxy) is 3. The molecule has 19 heavy (non-hydrogen) atoms. The maximum atomic E-state index is 11.8. The first kappa shape index (κ1) is 13.7. The van der Waals surface area contributed by atoms with Crippen LogP contribution in [0.1, 0.15) is 12.8 Å². The van der Waals surface area contributed by atoms with Gasteiger partial charge in [0.1, 0.15) is 6.61 Å². The zero-order chi connectivity index (χ0) is 13.9. The lowest BCUT2D eigenvalue weighted by atomic mass is 9.96. The van der Waals surface area contributed by atoms with E-state index in [-0.39, 0.29) is 12.5 Å². The average Bonchev–Trinajstić information content (AvgIpc) is 3.29. The predicted molar refractivity (Wildman–Crippen MR) is 70.1 cm³/mol. The van der Waals surface area contributed by atoms with Gasteiger partial charge in [-0.1, -0.05) is 12.1 Å². The molecule has 104 valence electrons. The number of nitrogens with two attached hydrogens (primary N) is 1. The number of esters is 1. The van der Waals surface area contributed by atoms with Gasteiger partial charge in [-0.2, -0.15) is 0 Å². The minimum absolute atomic E-state index is 0.0880. The van der Waals surface area contributed by atoms with Crippen molar-refractivity contribution in [2.45, 2.75) is 18.4 Å². The Balaban J connectivity index is 2.09. The van der Waals surface area contributed by atoms with E-state index in [1.54, 1.807) is 19.2 Å². The number of methoxy groups -OCH3 is 2. The molecule has 1 aromatic carbocycles. The Kier molecular flexibility index (Phi) is 3.95. The third kappa shape index (κ3) is 2.81. The summed E-state index contributed by atoms with van der Waals surface area (Å²) in [5.74, 6) is 0.898. The summed E-state index contributed by atoms with van der Waals surface area (Å²) in [6, 6.07) is 7.26. The van der Waals surface area contributed by atoms with E-state index < -0.39 is 11.5 Å². The number of para-hydroxylation sites is 2. The molecule has 1 saturated carbocycles. The minimum Gasteiger partial charge on any atom is -0.493 e. The van der Waals surface area contributed by atoms with Gasteiger partial charge < -0.3 is 19.9 Å². The summed E-state index contributed by atoms with van der Waals surface area (Å²) >= 11 is 0. The van der Waals surface area contributed by atoms with Gasteiger partial charge in [-0.25, -0.2) is 4.79 Å². The summed E-state index contributed by atoms with van der Waals surface area (Å²) in [5.41, 5.74) is 5.08. The molecule has 0 saturated heterocycles. The second kappa shape index (κ2) is 5.48. The van der Waals surface area contributed by atoms with Crippen molar-refractivity contribution in [1.82, 2.24) is 0 Å². The maximum absolute atomic E-state index is 11.8. The van der Waals surface area contributed by atoms with Gasteiger partial charge in [0.2, 0.25) is 0 Å². The van der Waals surface area contributed by atoms with Crippen LogP contribution in [0.4, 0.5) is 0 Å². The molecule has 0 aromatic heterocycles. The van der Waals surface area contributed by atoms with Crippen LogP contribution >= 0.6 is 0 Å². The lowest BCUT2D eigenvalue weighted by molar-refractivity contribution is -0.149. The molecule has 1 unspecified atom stereocenters. The molecule has 0 aliphatic heterocycles. The van der Waals surface area contributed by atoms with Crippen LogP contribution in [0.3, 0.4) is 0 Å². The number of carbonyl (C=O) groups is 1. The van der Waals surface area contributed by atoms with Crippen LogP contribution in [-0.4, -0.2) is 32.3 Å². The average molecular weight is 265 g/mol. The van der Waals surface area contributed by atoms with Gasteiger partial charge in [-0.3, -0.25) is 0 Å². The summed E-state index contributed by atoms with van der Waals surface area (Å²) in [5, 5.41) is 0.